The topological polar surface area (TPSA) is 32.3 Å². The van der Waals surface area contributed by atoms with Crippen LogP contribution in [0.1, 0.15) is 64.2 Å². The Morgan fingerprint density at radius 3 is 2.24 bits per heavy atom. The molecule has 1 heterocycles. The second-order valence-corrected chi connectivity index (χ2v) is 7.20. The Balaban J connectivity index is 0.00000161. The van der Waals surface area contributed by atoms with E-state index >= 15 is 0 Å². The number of amides is 1. The predicted octanol–water partition coefficient (Wildman–Crippen LogP) is 3.37. The normalized spacial score (nSPS) is 24.1. The Bertz CT molecular complexity index is 319. The lowest BCUT2D eigenvalue weighted by Gasteiger charge is -2.33. The number of rotatable bonds is 6. The molecule has 122 valence electrons. The number of hydrogen-bond acceptors (Lipinski definition) is 2. The van der Waals surface area contributed by atoms with E-state index in [4.69, 9.17) is 0 Å². The van der Waals surface area contributed by atoms with E-state index in [0.717, 1.165) is 50.6 Å². The van der Waals surface area contributed by atoms with Gasteiger partial charge in [-0.05, 0) is 50.5 Å². The van der Waals surface area contributed by atoms with Gasteiger partial charge in [0.05, 0.1) is 0 Å². The Hall–Kier alpha value is -0.280. The second-order valence-electron chi connectivity index (χ2n) is 7.20. The third-order valence-corrected chi connectivity index (χ3v) is 5.48. The molecule has 3 fully saturated rings. The fourth-order valence-electron chi connectivity index (χ4n) is 3.77. The molecule has 0 spiro atoms. The van der Waals surface area contributed by atoms with Gasteiger partial charge in [0.15, 0.2) is 0 Å². The molecule has 1 aliphatic heterocycles. The lowest BCUT2D eigenvalue weighted by molar-refractivity contribution is -0.132. The van der Waals surface area contributed by atoms with E-state index in [1.54, 1.807) is 0 Å². The molecule has 2 saturated carbocycles. The SMILES string of the molecule is Cl.O=C(CCC1CCCC1)N1CCC(NCC2CC2)CC1. The molecule has 21 heavy (non-hydrogen) atoms. The number of likely N-dealkylation sites (tertiary alicyclic amines) is 1. The molecule has 0 aromatic heterocycles. The van der Waals surface area contributed by atoms with Crippen molar-refractivity contribution in [1.29, 1.82) is 0 Å². The van der Waals surface area contributed by atoms with Gasteiger partial charge in [0.1, 0.15) is 0 Å². The zero-order valence-electron chi connectivity index (χ0n) is 13.2. The van der Waals surface area contributed by atoms with Crippen LogP contribution in [0, 0.1) is 11.8 Å². The van der Waals surface area contributed by atoms with Crippen molar-refractivity contribution >= 4 is 18.3 Å². The van der Waals surface area contributed by atoms with Crippen molar-refractivity contribution in [1.82, 2.24) is 10.2 Å². The maximum atomic E-state index is 12.2. The third kappa shape index (κ3) is 5.45. The maximum absolute atomic E-state index is 12.2. The average molecular weight is 315 g/mol. The Kier molecular flexibility index (Phi) is 6.81. The molecule has 3 aliphatic rings. The van der Waals surface area contributed by atoms with Crippen LogP contribution in [-0.2, 0) is 4.79 Å². The van der Waals surface area contributed by atoms with Gasteiger partial charge in [-0.15, -0.1) is 12.4 Å². The van der Waals surface area contributed by atoms with Crippen molar-refractivity contribution < 1.29 is 4.79 Å². The summed E-state index contributed by atoms with van der Waals surface area (Å²) in [6.07, 6.45) is 12.6. The van der Waals surface area contributed by atoms with Crippen molar-refractivity contribution in [2.45, 2.75) is 70.3 Å². The number of nitrogens with zero attached hydrogens (tertiary/aromatic N) is 1. The van der Waals surface area contributed by atoms with Gasteiger partial charge in [-0.2, -0.15) is 0 Å². The predicted molar refractivity (Wildman–Crippen MR) is 88.8 cm³/mol. The molecule has 3 rings (SSSR count). The fraction of sp³-hybridized carbons (Fsp3) is 0.941. The van der Waals surface area contributed by atoms with E-state index in [1.165, 1.54) is 45.1 Å². The van der Waals surface area contributed by atoms with Gasteiger partial charge in [-0.3, -0.25) is 4.79 Å². The van der Waals surface area contributed by atoms with Crippen LogP contribution in [0.2, 0.25) is 0 Å². The number of hydrogen-bond donors (Lipinski definition) is 1. The Labute approximate surface area is 135 Å². The smallest absolute Gasteiger partial charge is 0.222 e. The van der Waals surface area contributed by atoms with Gasteiger partial charge in [0.2, 0.25) is 5.91 Å². The third-order valence-electron chi connectivity index (χ3n) is 5.48. The van der Waals surface area contributed by atoms with Gasteiger partial charge in [0, 0.05) is 25.6 Å². The molecule has 1 amide bonds. The molecule has 1 N–H and O–H groups in total. The van der Waals surface area contributed by atoms with E-state index in [1.807, 2.05) is 0 Å². The van der Waals surface area contributed by atoms with Gasteiger partial charge < -0.3 is 10.2 Å². The molecule has 2 aliphatic carbocycles. The zero-order chi connectivity index (χ0) is 13.8. The minimum atomic E-state index is 0. The molecule has 0 atom stereocenters. The highest BCUT2D eigenvalue weighted by molar-refractivity contribution is 5.85. The van der Waals surface area contributed by atoms with Crippen LogP contribution < -0.4 is 5.32 Å². The monoisotopic (exact) mass is 314 g/mol. The first-order valence-electron chi connectivity index (χ1n) is 8.82. The summed E-state index contributed by atoms with van der Waals surface area (Å²) in [5, 5.41) is 3.68. The molecular formula is C17H31ClN2O. The Morgan fingerprint density at radius 1 is 0.952 bits per heavy atom. The van der Waals surface area contributed by atoms with Gasteiger partial charge in [-0.1, -0.05) is 25.7 Å². The standard InChI is InChI=1S/C17H30N2O.ClH/c20-17(8-7-14-3-1-2-4-14)19-11-9-16(10-12-19)18-13-15-5-6-15;/h14-16,18H,1-13H2;1H. The molecule has 3 nitrogen and oxygen atoms in total. The summed E-state index contributed by atoms with van der Waals surface area (Å²) in [6.45, 7) is 3.16. The maximum Gasteiger partial charge on any atom is 0.222 e. The van der Waals surface area contributed by atoms with Crippen LogP contribution >= 0.6 is 12.4 Å². The van der Waals surface area contributed by atoms with Crippen LogP contribution in [0.25, 0.3) is 0 Å². The summed E-state index contributed by atoms with van der Waals surface area (Å²) in [5.41, 5.74) is 0. The number of carbonyl (C=O) groups is 1. The molecule has 1 saturated heterocycles. The summed E-state index contributed by atoms with van der Waals surface area (Å²) < 4.78 is 0. The lowest BCUT2D eigenvalue weighted by Crippen LogP contribution is -2.45. The van der Waals surface area contributed by atoms with Crippen LogP contribution in [0.15, 0.2) is 0 Å². The van der Waals surface area contributed by atoms with E-state index in [9.17, 15) is 4.79 Å². The van der Waals surface area contributed by atoms with Crippen molar-refractivity contribution in [3.63, 3.8) is 0 Å². The van der Waals surface area contributed by atoms with Crippen molar-refractivity contribution in [2.75, 3.05) is 19.6 Å². The minimum Gasteiger partial charge on any atom is -0.343 e. The number of nitrogens with one attached hydrogen (secondary N) is 1. The highest BCUT2D eigenvalue weighted by atomic mass is 35.5. The highest BCUT2D eigenvalue weighted by Crippen LogP contribution is 2.29. The molecule has 0 radical (unpaired) electrons. The first kappa shape index (κ1) is 17.1. The van der Waals surface area contributed by atoms with Crippen LogP contribution in [0.3, 0.4) is 0 Å². The molecule has 0 aromatic carbocycles. The second kappa shape index (κ2) is 8.38. The molecule has 0 aromatic rings. The van der Waals surface area contributed by atoms with Crippen LogP contribution in [-0.4, -0.2) is 36.5 Å². The summed E-state index contributed by atoms with van der Waals surface area (Å²) >= 11 is 0. The summed E-state index contributed by atoms with van der Waals surface area (Å²) in [6, 6.07) is 0.662. The summed E-state index contributed by atoms with van der Waals surface area (Å²) in [4.78, 5) is 14.4. The summed E-state index contributed by atoms with van der Waals surface area (Å²) in [5.74, 6) is 2.22. The molecule has 4 heteroatoms. The largest absolute Gasteiger partial charge is 0.343 e. The van der Waals surface area contributed by atoms with E-state index < -0.39 is 0 Å². The molecule has 0 bridgehead atoms. The summed E-state index contributed by atoms with van der Waals surface area (Å²) in [7, 11) is 0. The van der Waals surface area contributed by atoms with Crippen molar-refractivity contribution in [2.24, 2.45) is 11.8 Å². The minimum absolute atomic E-state index is 0. The first-order valence-corrected chi connectivity index (χ1v) is 8.82. The highest BCUT2D eigenvalue weighted by Gasteiger charge is 2.26. The molecular weight excluding hydrogens is 284 g/mol. The van der Waals surface area contributed by atoms with Gasteiger partial charge in [-0.25, -0.2) is 0 Å². The van der Waals surface area contributed by atoms with E-state index in [2.05, 4.69) is 10.2 Å². The van der Waals surface area contributed by atoms with E-state index in [-0.39, 0.29) is 12.4 Å². The number of halogens is 1. The lowest BCUT2D eigenvalue weighted by atomic mass is 10.00. The Morgan fingerprint density at radius 2 is 1.62 bits per heavy atom. The number of piperidine rings is 1. The van der Waals surface area contributed by atoms with Crippen molar-refractivity contribution in [3.05, 3.63) is 0 Å². The average Bonchev–Trinajstić information content (AvgIpc) is 3.17. The number of carbonyl (C=O) groups excluding carboxylic acids is 1. The molecule has 0 unspecified atom stereocenters. The van der Waals surface area contributed by atoms with Crippen LogP contribution in [0.4, 0.5) is 0 Å². The van der Waals surface area contributed by atoms with Gasteiger partial charge >= 0.3 is 0 Å². The first-order chi connectivity index (χ1) is 9.81. The quantitative estimate of drug-likeness (QED) is 0.815. The van der Waals surface area contributed by atoms with Crippen LogP contribution in [0.5, 0.6) is 0 Å². The van der Waals surface area contributed by atoms with Crippen molar-refractivity contribution in [3.8, 4) is 0 Å². The zero-order valence-corrected chi connectivity index (χ0v) is 14.0. The fourth-order valence-corrected chi connectivity index (χ4v) is 3.77. The van der Waals surface area contributed by atoms with Gasteiger partial charge in [0.25, 0.3) is 0 Å². The van der Waals surface area contributed by atoms with E-state index in [0.29, 0.717) is 11.9 Å².